The Morgan fingerprint density at radius 3 is 3.00 bits per heavy atom. The number of anilines is 1. The normalized spacial score (nSPS) is 21.6. The van der Waals surface area contributed by atoms with E-state index >= 15 is 0 Å². The molecular weight excluding hydrogens is 174 g/mol. The predicted octanol–water partition coefficient (Wildman–Crippen LogP) is 1.19. The van der Waals surface area contributed by atoms with Crippen LogP contribution in [0.15, 0.2) is 18.5 Å². The van der Waals surface area contributed by atoms with Gasteiger partial charge >= 0.3 is 0 Å². The van der Waals surface area contributed by atoms with Crippen molar-refractivity contribution < 1.29 is 0 Å². The second-order valence-corrected chi connectivity index (χ2v) is 3.94. The Labute approximate surface area is 85.1 Å². The Kier molecular flexibility index (Phi) is 2.68. The van der Waals surface area contributed by atoms with Gasteiger partial charge in [-0.15, -0.1) is 0 Å². The van der Waals surface area contributed by atoms with Crippen LogP contribution in [0, 0.1) is 6.92 Å². The molecular formula is C11H17N3. The molecule has 3 heteroatoms. The molecule has 14 heavy (non-hydrogen) atoms. The average Bonchev–Trinajstić information content (AvgIpc) is 2.66. The van der Waals surface area contributed by atoms with Crippen LogP contribution in [-0.2, 0) is 0 Å². The highest BCUT2D eigenvalue weighted by atomic mass is 15.2. The van der Waals surface area contributed by atoms with E-state index in [1.807, 2.05) is 19.4 Å². The van der Waals surface area contributed by atoms with Crippen LogP contribution in [0.25, 0.3) is 0 Å². The number of aryl methyl sites for hydroxylation is 1. The van der Waals surface area contributed by atoms with E-state index in [1.54, 1.807) is 0 Å². The first kappa shape index (κ1) is 9.46. The minimum atomic E-state index is 0.635. The summed E-state index contributed by atoms with van der Waals surface area (Å²) in [5.41, 5.74) is 2.48. The van der Waals surface area contributed by atoms with Gasteiger partial charge in [-0.25, -0.2) is 0 Å². The highest BCUT2D eigenvalue weighted by Gasteiger charge is 2.20. The van der Waals surface area contributed by atoms with Crippen molar-refractivity contribution in [3.8, 4) is 0 Å². The van der Waals surface area contributed by atoms with E-state index in [4.69, 9.17) is 0 Å². The molecule has 3 nitrogen and oxygen atoms in total. The van der Waals surface area contributed by atoms with Gasteiger partial charge in [0.1, 0.15) is 0 Å². The molecule has 1 aliphatic heterocycles. The largest absolute Gasteiger partial charge is 0.369 e. The summed E-state index contributed by atoms with van der Waals surface area (Å²) >= 11 is 0. The van der Waals surface area contributed by atoms with Crippen molar-refractivity contribution in [2.24, 2.45) is 0 Å². The van der Waals surface area contributed by atoms with Gasteiger partial charge in [-0.3, -0.25) is 4.98 Å². The van der Waals surface area contributed by atoms with E-state index in [1.165, 1.54) is 17.7 Å². The van der Waals surface area contributed by atoms with Crippen molar-refractivity contribution in [3.05, 3.63) is 24.0 Å². The molecule has 1 aliphatic rings. The molecule has 1 saturated heterocycles. The molecule has 1 atom stereocenters. The molecule has 1 aromatic rings. The highest BCUT2D eigenvalue weighted by molar-refractivity contribution is 5.47. The van der Waals surface area contributed by atoms with Gasteiger partial charge in [-0.1, -0.05) is 0 Å². The van der Waals surface area contributed by atoms with Crippen molar-refractivity contribution >= 4 is 5.69 Å². The van der Waals surface area contributed by atoms with Gasteiger partial charge in [0, 0.05) is 25.3 Å². The van der Waals surface area contributed by atoms with Crippen LogP contribution in [0.1, 0.15) is 12.0 Å². The quantitative estimate of drug-likeness (QED) is 0.761. The van der Waals surface area contributed by atoms with Crippen molar-refractivity contribution in [1.82, 2.24) is 10.3 Å². The van der Waals surface area contributed by atoms with E-state index in [0.29, 0.717) is 6.04 Å². The molecule has 0 bridgehead atoms. The molecule has 0 aliphatic carbocycles. The topological polar surface area (TPSA) is 28.2 Å². The first-order valence-corrected chi connectivity index (χ1v) is 5.13. The van der Waals surface area contributed by atoms with Crippen LogP contribution in [0.2, 0.25) is 0 Å². The van der Waals surface area contributed by atoms with Crippen LogP contribution in [-0.4, -0.2) is 31.2 Å². The number of hydrogen-bond acceptors (Lipinski definition) is 3. The number of pyridine rings is 1. The third-order valence-electron chi connectivity index (χ3n) is 2.82. The summed E-state index contributed by atoms with van der Waals surface area (Å²) in [5, 5.41) is 3.32. The molecule has 1 aromatic heterocycles. The molecule has 76 valence electrons. The Bertz CT molecular complexity index is 311. The lowest BCUT2D eigenvalue weighted by molar-refractivity contribution is 0.617. The smallest absolute Gasteiger partial charge is 0.0555 e. The summed E-state index contributed by atoms with van der Waals surface area (Å²) in [6.45, 7) is 4.32. The molecule has 0 amide bonds. The van der Waals surface area contributed by atoms with Crippen LogP contribution in [0.4, 0.5) is 5.69 Å². The summed E-state index contributed by atoms with van der Waals surface area (Å²) in [4.78, 5) is 6.61. The van der Waals surface area contributed by atoms with Crippen LogP contribution >= 0.6 is 0 Å². The molecule has 0 spiro atoms. The van der Waals surface area contributed by atoms with Crippen molar-refractivity contribution in [1.29, 1.82) is 0 Å². The first-order valence-electron chi connectivity index (χ1n) is 5.13. The van der Waals surface area contributed by atoms with Crippen LogP contribution in [0.5, 0.6) is 0 Å². The number of hydrogen-bond donors (Lipinski definition) is 1. The fourth-order valence-electron chi connectivity index (χ4n) is 1.94. The predicted molar refractivity (Wildman–Crippen MR) is 58.7 cm³/mol. The molecule has 1 N–H and O–H groups in total. The Morgan fingerprint density at radius 1 is 1.50 bits per heavy atom. The van der Waals surface area contributed by atoms with Crippen LogP contribution < -0.4 is 10.2 Å². The number of likely N-dealkylation sites (N-methyl/N-ethyl adjacent to an activating group) is 1. The molecule has 0 radical (unpaired) electrons. The second kappa shape index (κ2) is 3.96. The third kappa shape index (κ3) is 1.87. The number of nitrogens with one attached hydrogen (secondary N) is 1. The standard InChI is InChI=1S/C11H17N3/c1-9-5-11(7-13-6-9)14-4-3-10(8-14)12-2/h5-7,10,12H,3-4,8H2,1-2H3. The summed E-state index contributed by atoms with van der Waals surface area (Å²) < 4.78 is 0. The molecule has 0 aromatic carbocycles. The lowest BCUT2D eigenvalue weighted by atomic mass is 10.3. The maximum Gasteiger partial charge on any atom is 0.0555 e. The minimum Gasteiger partial charge on any atom is -0.369 e. The maximum absolute atomic E-state index is 4.22. The maximum atomic E-state index is 4.22. The fourth-order valence-corrected chi connectivity index (χ4v) is 1.94. The van der Waals surface area contributed by atoms with E-state index < -0.39 is 0 Å². The lowest BCUT2D eigenvalue weighted by Crippen LogP contribution is -2.29. The minimum absolute atomic E-state index is 0.635. The number of aromatic nitrogens is 1. The molecule has 0 saturated carbocycles. The van der Waals surface area contributed by atoms with Crippen LogP contribution in [0.3, 0.4) is 0 Å². The number of nitrogens with zero attached hydrogens (tertiary/aromatic N) is 2. The van der Waals surface area contributed by atoms with Crippen molar-refractivity contribution in [2.75, 3.05) is 25.0 Å². The van der Waals surface area contributed by atoms with E-state index in [-0.39, 0.29) is 0 Å². The van der Waals surface area contributed by atoms with Gasteiger partial charge in [0.15, 0.2) is 0 Å². The molecule has 1 unspecified atom stereocenters. The van der Waals surface area contributed by atoms with E-state index in [0.717, 1.165) is 13.1 Å². The van der Waals surface area contributed by atoms with Gasteiger partial charge in [0.25, 0.3) is 0 Å². The van der Waals surface area contributed by atoms with Crippen molar-refractivity contribution in [2.45, 2.75) is 19.4 Å². The summed E-state index contributed by atoms with van der Waals surface area (Å²) in [6, 6.07) is 2.83. The fraction of sp³-hybridized carbons (Fsp3) is 0.545. The second-order valence-electron chi connectivity index (χ2n) is 3.94. The highest BCUT2D eigenvalue weighted by Crippen LogP contribution is 2.19. The van der Waals surface area contributed by atoms with Gasteiger partial charge in [-0.05, 0) is 32.0 Å². The number of rotatable bonds is 2. The zero-order valence-corrected chi connectivity index (χ0v) is 8.83. The molecule has 1 fully saturated rings. The van der Waals surface area contributed by atoms with Gasteiger partial charge in [0.05, 0.1) is 11.9 Å². The molecule has 2 rings (SSSR count). The summed E-state index contributed by atoms with van der Waals surface area (Å²) in [5.74, 6) is 0. The SMILES string of the molecule is CNC1CCN(c2cncc(C)c2)C1. The lowest BCUT2D eigenvalue weighted by Gasteiger charge is -2.18. The zero-order chi connectivity index (χ0) is 9.97. The van der Waals surface area contributed by atoms with Crippen molar-refractivity contribution in [3.63, 3.8) is 0 Å². The average molecular weight is 191 g/mol. The Morgan fingerprint density at radius 2 is 2.36 bits per heavy atom. The van der Waals surface area contributed by atoms with E-state index in [9.17, 15) is 0 Å². The first-order chi connectivity index (χ1) is 6.79. The Balaban J connectivity index is 2.09. The molecule has 2 heterocycles. The van der Waals surface area contributed by atoms with Gasteiger partial charge < -0.3 is 10.2 Å². The van der Waals surface area contributed by atoms with Gasteiger partial charge in [-0.2, -0.15) is 0 Å². The summed E-state index contributed by atoms with van der Waals surface area (Å²) in [6.07, 6.45) is 5.07. The monoisotopic (exact) mass is 191 g/mol. The zero-order valence-electron chi connectivity index (χ0n) is 8.83. The summed E-state index contributed by atoms with van der Waals surface area (Å²) in [7, 11) is 2.03. The van der Waals surface area contributed by atoms with E-state index in [2.05, 4.69) is 28.2 Å². The Hall–Kier alpha value is -1.09. The third-order valence-corrected chi connectivity index (χ3v) is 2.82. The van der Waals surface area contributed by atoms with Gasteiger partial charge in [0.2, 0.25) is 0 Å².